The minimum absolute atomic E-state index is 0.0347. The van der Waals surface area contributed by atoms with Crippen LogP contribution >= 0.6 is 11.8 Å². The minimum atomic E-state index is -0.424. The highest BCUT2D eigenvalue weighted by atomic mass is 32.2. The maximum absolute atomic E-state index is 13.5. The lowest BCUT2D eigenvalue weighted by atomic mass is 10.1. The van der Waals surface area contributed by atoms with Crippen molar-refractivity contribution in [2.24, 2.45) is 0 Å². The molecule has 0 saturated carbocycles. The average Bonchev–Trinajstić information content (AvgIpc) is 3.23. The number of hydrogen-bond donors (Lipinski definition) is 1. The van der Waals surface area contributed by atoms with Crippen molar-refractivity contribution in [2.75, 3.05) is 11.1 Å². The third-order valence-electron chi connectivity index (χ3n) is 5.45. The van der Waals surface area contributed by atoms with Crippen molar-refractivity contribution in [1.82, 2.24) is 9.55 Å². The summed E-state index contributed by atoms with van der Waals surface area (Å²) < 4.78 is 20.7. The number of anilines is 1. The van der Waals surface area contributed by atoms with Crippen molar-refractivity contribution in [3.63, 3.8) is 0 Å². The standard InChI is InChI=1S/C26H20FN3O3S/c1-2-16-7-3-5-9-20(16)28-22(31)15-34-26-29-23-19-8-4-6-10-21(19)33-24(23)25(32)30(26)18-13-11-17(27)12-14-18/h3-14H,2,15H2,1H3,(H,28,31). The Labute approximate surface area is 198 Å². The molecule has 0 aliphatic rings. The second kappa shape index (κ2) is 9.15. The van der Waals surface area contributed by atoms with Crippen molar-refractivity contribution < 1.29 is 13.6 Å². The highest BCUT2D eigenvalue weighted by molar-refractivity contribution is 7.99. The molecule has 0 unspecified atom stereocenters. The van der Waals surface area contributed by atoms with E-state index in [0.29, 0.717) is 27.3 Å². The highest BCUT2D eigenvalue weighted by Crippen LogP contribution is 2.28. The summed E-state index contributed by atoms with van der Waals surface area (Å²) >= 11 is 1.13. The van der Waals surface area contributed by atoms with E-state index in [-0.39, 0.29) is 17.2 Å². The van der Waals surface area contributed by atoms with Crippen molar-refractivity contribution in [1.29, 1.82) is 0 Å². The van der Waals surface area contributed by atoms with E-state index < -0.39 is 11.4 Å². The first-order chi connectivity index (χ1) is 16.5. The zero-order chi connectivity index (χ0) is 23.7. The molecule has 34 heavy (non-hydrogen) atoms. The maximum Gasteiger partial charge on any atom is 0.302 e. The summed E-state index contributed by atoms with van der Waals surface area (Å²) in [5.41, 5.74) is 2.88. The molecule has 170 valence electrons. The van der Waals surface area contributed by atoms with Gasteiger partial charge in [0.1, 0.15) is 16.9 Å². The topological polar surface area (TPSA) is 77.1 Å². The number of para-hydroxylation sites is 2. The number of fused-ring (bicyclic) bond motifs is 3. The van der Waals surface area contributed by atoms with E-state index in [9.17, 15) is 14.0 Å². The van der Waals surface area contributed by atoms with Crippen molar-refractivity contribution in [3.8, 4) is 5.69 Å². The fraction of sp³-hybridized carbons (Fsp3) is 0.115. The van der Waals surface area contributed by atoms with Crippen LogP contribution in [-0.4, -0.2) is 21.2 Å². The van der Waals surface area contributed by atoms with Crippen LogP contribution in [0.25, 0.3) is 27.8 Å². The Balaban J connectivity index is 1.55. The van der Waals surface area contributed by atoms with Gasteiger partial charge in [0.05, 0.1) is 11.4 Å². The van der Waals surface area contributed by atoms with Crippen LogP contribution in [0, 0.1) is 5.82 Å². The van der Waals surface area contributed by atoms with Gasteiger partial charge in [-0.15, -0.1) is 0 Å². The van der Waals surface area contributed by atoms with Crippen LogP contribution in [0.3, 0.4) is 0 Å². The lowest BCUT2D eigenvalue weighted by Gasteiger charge is -2.12. The van der Waals surface area contributed by atoms with Crippen LogP contribution in [-0.2, 0) is 11.2 Å². The van der Waals surface area contributed by atoms with Gasteiger partial charge in [0.15, 0.2) is 5.16 Å². The highest BCUT2D eigenvalue weighted by Gasteiger charge is 2.20. The van der Waals surface area contributed by atoms with Crippen LogP contribution < -0.4 is 10.9 Å². The molecule has 1 N–H and O–H groups in total. The number of thioether (sulfide) groups is 1. The normalized spacial score (nSPS) is 11.2. The van der Waals surface area contributed by atoms with Gasteiger partial charge in [-0.2, -0.15) is 0 Å². The molecule has 2 heterocycles. The number of rotatable bonds is 6. The Kier molecular flexibility index (Phi) is 5.90. The van der Waals surface area contributed by atoms with Gasteiger partial charge in [0.2, 0.25) is 11.5 Å². The number of hydrogen-bond acceptors (Lipinski definition) is 5. The molecule has 0 spiro atoms. The molecule has 1 amide bonds. The molecular formula is C26H20FN3O3S. The molecule has 0 aliphatic carbocycles. The lowest BCUT2D eigenvalue weighted by Crippen LogP contribution is -2.22. The van der Waals surface area contributed by atoms with E-state index in [1.54, 1.807) is 6.07 Å². The van der Waals surface area contributed by atoms with Gasteiger partial charge < -0.3 is 9.73 Å². The number of carbonyl (C=O) groups excluding carboxylic acids is 1. The van der Waals surface area contributed by atoms with E-state index >= 15 is 0 Å². The van der Waals surface area contributed by atoms with Crippen LogP contribution in [0.2, 0.25) is 0 Å². The summed E-state index contributed by atoms with van der Waals surface area (Å²) in [5, 5.41) is 3.96. The summed E-state index contributed by atoms with van der Waals surface area (Å²) in [4.78, 5) is 30.9. The van der Waals surface area contributed by atoms with Gasteiger partial charge in [-0.05, 0) is 54.4 Å². The van der Waals surface area contributed by atoms with Crippen LogP contribution in [0.5, 0.6) is 0 Å². The van der Waals surface area contributed by atoms with Crippen molar-refractivity contribution >= 4 is 45.4 Å². The Morgan fingerprint density at radius 3 is 2.59 bits per heavy atom. The number of nitrogens with one attached hydrogen (secondary N) is 1. The van der Waals surface area contributed by atoms with Crippen LogP contribution in [0.15, 0.2) is 87.2 Å². The average molecular weight is 474 g/mol. The molecule has 0 radical (unpaired) electrons. The number of furan rings is 1. The number of aromatic nitrogens is 2. The molecular weight excluding hydrogens is 453 g/mol. The van der Waals surface area contributed by atoms with E-state index in [1.807, 2.05) is 49.4 Å². The molecule has 3 aromatic carbocycles. The molecule has 8 heteroatoms. The van der Waals surface area contributed by atoms with Crippen molar-refractivity contribution in [3.05, 3.63) is 94.5 Å². The number of carbonyl (C=O) groups is 1. The Morgan fingerprint density at radius 1 is 1.06 bits per heavy atom. The van der Waals surface area contributed by atoms with E-state index in [1.165, 1.54) is 28.8 Å². The molecule has 0 atom stereocenters. The van der Waals surface area contributed by atoms with Crippen LogP contribution in [0.1, 0.15) is 12.5 Å². The molecule has 5 aromatic rings. The number of amides is 1. The van der Waals surface area contributed by atoms with Crippen molar-refractivity contribution in [2.45, 2.75) is 18.5 Å². The first-order valence-corrected chi connectivity index (χ1v) is 11.7. The van der Waals surface area contributed by atoms with Gasteiger partial charge in [-0.1, -0.05) is 49.0 Å². The minimum Gasteiger partial charge on any atom is -0.448 e. The summed E-state index contributed by atoms with van der Waals surface area (Å²) in [6, 6.07) is 20.4. The molecule has 6 nitrogen and oxygen atoms in total. The smallest absolute Gasteiger partial charge is 0.302 e. The maximum atomic E-state index is 13.5. The van der Waals surface area contributed by atoms with Gasteiger partial charge in [-0.3, -0.25) is 14.2 Å². The summed E-state index contributed by atoms with van der Waals surface area (Å²) in [5.74, 6) is -0.604. The second-order valence-corrected chi connectivity index (χ2v) is 8.58. The van der Waals surface area contributed by atoms with Crippen LogP contribution in [0.4, 0.5) is 10.1 Å². The van der Waals surface area contributed by atoms with Gasteiger partial charge in [0.25, 0.3) is 0 Å². The molecule has 0 saturated heterocycles. The third kappa shape index (κ3) is 4.08. The molecule has 0 bridgehead atoms. The Morgan fingerprint density at radius 2 is 1.79 bits per heavy atom. The third-order valence-corrected chi connectivity index (χ3v) is 6.39. The SMILES string of the molecule is CCc1ccccc1NC(=O)CSc1nc2c(oc3ccccc32)c(=O)n1-c1ccc(F)cc1. The zero-order valence-electron chi connectivity index (χ0n) is 18.2. The van der Waals surface area contributed by atoms with Gasteiger partial charge >= 0.3 is 5.56 Å². The summed E-state index contributed by atoms with van der Waals surface area (Å²) in [7, 11) is 0. The Hall–Kier alpha value is -3.91. The van der Waals surface area contributed by atoms with E-state index in [4.69, 9.17) is 9.40 Å². The molecule has 0 aliphatic heterocycles. The molecule has 5 rings (SSSR count). The zero-order valence-corrected chi connectivity index (χ0v) is 19.1. The predicted octanol–water partition coefficient (Wildman–Crippen LogP) is 5.56. The molecule has 2 aromatic heterocycles. The number of nitrogens with zero attached hydrogens (tertiary/aromatic N) is 2. The Bertz CT molecular complexity index is 1570. The fourth-order valence-corrected chi connectivity index (χ4v) is 4.61. The quantitative estimate of drug-likeness (QED) is 0.258. The number of benzene rings is 3. The first kappa shape index (κ1) is 21.9. The van der Waals surface area contributed by atoms with Gasteiger partial charge in [0, 0.05) is 11.1 Å². The van der Waals surface area contributed by atoms with E-state index in [2.05, 4.69) is 5.32 Å². The number of halogens is 1. The van der Waals surface area contributed by atoms with Gasteiger partial charge in [-0.25, -0.2) is 9.37 Å². The summed E-state index contributed by atoms with van der Waals surface area (Å²) in [6.45, 7) is 2.02. The van der Waals surface area contributed by atoms with E-state index in [0.717, 1.165) is 29.4 Å². The predicted molar refractivity (Wildman–Crippen MR) is 132 cm³/mol. The second-order valence-electron chi connectivity index (χ2n) is 7.63. The first-order valence-electron chi connectivity index (χ1n) is 10.8. The molecule has 0 fully saturated rings. The monoisotopic (exact) mass is 473 g/mol. The fourth-order valence-electron chi connectivity index (χ4n) is 3.80. The largest absolute Gasteiger partial charge is 0.448 e. The number of aryl methyl sites for hydroxylation is 1. The summed E-state index contributed by atoms with van der Waals surface area (Å²) in [6.07, 6.45) is 0.791. The lowest BCUT2D eigenvalue weighted by molar-refractivity contribution is -0.113.